The molecule has 0 aliphatic carbocycles. The molecule has 1 fully saturated rings. The van der Waals surface area contributed by atoms with Crippen LogP contribution in [0.4, 0.5) is 0 Å². The molecule has 0 N–H and O–H groups in total. The van der Waals surface area contributed by atoms with Crippen LogP contribution in [0.2, 0.25) is 0 Å². The Morgan fingerprint density at radius 3 is 1.86 bits per heavy atom. The zero-order valence-electron chi connectivity index (χ0n) is 13.1. The first-order chi connectivity index (χ1) is 10.2. The van der Waals surface area contributed by atoms with Crippen LogP contribution in [0.5, 0.6) is 0 Å². The Labute approximate surface area is 132 Å². The molecular weight excluding hydrogens is 324 g/mol. The van der Waals surface area contributed by atoms with Gasteiger partial charge in [0, 0.05) is 27.2 Å². The van der Waals surface area contributed by atoms with Crippen molar-refractivity contribution >= 4 is 20.0 Å². The summed E-state index contributed by atoms with van der Waals surface area (Å²) in [6.07, 6.45) is 1.71. The van der Waals surface area contributed by atoms with Crippen LogP contribution in [-0.4, -0.2) is 52.6 Å². The lowest BCUT2D eigenvalue weighted by Crippen LogP contribution is -2.37. The van der Waals surface area contributed by atoms with E-state index in [-0.39, 0.29) is 9.79 Å². The number of hydrogen-bond donors (Lipinski definition) is 0. The van der Waals surface area contributed by atoms with Crippen molar-refractivity contribution in [1.82, 2.24) is 8.61 Å². The van der Waals surface area contributed by atoms with Crippen molar-refractivity contribution in [2.45, 2.75) is 29.6 Å². The molecular formula is C14H22N2O4S2. The molecule has 0 bridgehead atoms. The summed E-state index contributed by atoms with van der Waals surface area (Å²) in [6.45, 7) is 3.15. The lowest BCUT2D eigenvalue weighted by molar-refractivity contribution is 0.288. The van der Waals surface area contributed by atoms with Crippen molar-refractivity contribution in [1.29, 1.82) is 0 Å². The van der Waals surface area contributed by atoms with Gasteiger partial charge in [-0.25, -0.2) is 21.1 Å². The van der Waals surface area contributed by atoms with E-state index in [1.165, 1.54) is 42.7 Å². The molecule has 0 aromatic heterocycles. The Kier molecular flexibility index (Phi) is 4.96. The standard InChI is InChI=1S/C14H22N2O4S2/c1-12-8-10-16(11-9-12)22(19,20)14-6-4-13(5-7-14)21(17,18)15(2)3/h4-7,12H,8-11H2,1-3H3. The fraction of sp³-hybridized carbons (Fsp3) is 0.571. The molecule has 6 nitrogen and oxygen atoms in total. The molecule has 1 aliphatic heterocycles. The van der Waals surface area contributed by atoms with Gasteiger partial charge in [-0.05, 0) is 43.0 Å². The van der Waals surface area contributed by atoms with Crippen LogP contribution in [0.25, 0.3) is 0 Å². The van der Waals surface area contributed by atoms with Crippen LogP contribution >= 0.6 is 0 Å². The molecule has 1 aliphatic rings. The Bertz CT molecular complexity index is 717. The molecule has 1 aromatic carbocycles. The lowest BCUT2D eigenvalue weighted by atomic mass is 10.0. The van der Waals surface area contributed by atoms with Crippen LogP contribution < -0.4 is 0 Å². The molecule has 0 amide bonds. The van der Waals surface area contributed by atoms with Gasteiger partial charge < -0.3 is 0 Å². The Morgan fingerprint density at radius 2 is 1.41 bits per heavy atom. The van der Waals surface area contributed by atoms with Crippen molar-refractivity contribution in [2.75, 3.05) is 27.2 Å². The van der Waals surface area contributed by atoms with E-state index in [0.29, 0.717) is 19.0 Å². The maximum atomic E-state index is 12.6. The molecule has 0 unspecified atom stereocenters. The second-order valence-electron chi connectivity index (χ2n) is 5.85. The largest absolute Gasteiger partial charge is 0.243 e. The second kappa shape index (κ2) is 6.27. The lowest BCUT2D eigenvalue weighted by Gasteiger charge is -2.29. The minimum atomic E-state index is -3.55. The van der Waals surface area contributed by atoms with E-state index in [4.69, 9.17) is 0 Å². The zero-order chi connectivity index (χ0) is 16.5. The fourth-order valence-corrected chi connectivity index (χ4v) is 4.74. The summed E-state index contributed by atoms with van der Waals surface area (Å²) in [5.41, 5.74) is 0. The third-order valence-corrected chi connectivity index (χ3v) is 7.72. The highest BCUT2D eigenvalue weighted by Crippen LogP contribution is 2.24. The van der Waals surface area contributed by atoms with Gasteiger partial charge in [-0.3, -0.25) is 0 Å². The second-order valence-corrected chi connectivity index (χ2v) is 9.94. The fourth-order valence-electron chi connectivity index (χ4n) is 2.37. The quantitative estimate of drug-likeness (QED) is 0.825. The van der Waals surface area contributed by atoms with Crippen molar-refractivity contribution in [3.63, 3.8) is 0 Å². The van der Waals surface area contributed by atoms with E-state index >= 15 is 0 Å². The summed E-state index contributed by atoms with van der Waals surface area (Å²) < 4.78 is 51.7. The highest BCUT2D eigenvalue weighted by molar-refractivity contribution is 7.89. The van der Waals surface area contributed by atoms with Crippen molar-refractivity contribution in [3.05, 3.63) is 24.3 Å². The van der Waals surface area contributed by atoms with Gasteiger partial charge >= 0.3 is 0 Å². The van der Waals surface area contributed by atoms with Crippen molar-refractivity contribution in [2.24, 2.45) is 5.92 Å². The highest BCUT2D eigenvalue weighted by Gasteiger charge is 2.28. The molecule has 124 valence electrons. The molecule has 0 saturated carbocycles. The highest BCUT2D eigenvalue weighted by atomic mass is 32.2. The first-order valence-electron chi connectivity index (χ1n) is 7.18. The van der Waals surface area contributed by atoms with Crippen molar-refractivity contribution < 1.29 is 16.8 Å². The summed E-state index contributed by atoms with van der Waals surface area (Å²) in [7, 11) is -4.21. The minimum Gasteiger partial charge on any atom is -0.207 e. The molecule has 1 saturated heterocycles. The normalized spacial score (nSPS) is 18.7. The molecule has 8 heteroatoms. The number of sulfonamides is 2. The molecule has 2 rings (SSSR count). The summed E-state index contributed by atoms with van der Waals surface area (Å²) in [4.78, 5) is 0.225. The first kappa shape index (κ1) is 17.4. The van der Waals surface area contributed by atoms with Gasteiger partial charge in [0.1, 0.15) is 0 Å². The number of hydrogen-bond acceptors (Lipinski definition) is 4. The van der Waals surface area contributed by atoms with E-state index in [1.807, 2.05) is 0 Å². The maximum absolute atomic E-state index is 12.6. The van der Waals surface area contributed by atoms with Gasteiger partial charge in [0.25, 0.3) is 0 Å². The smallest absolute Gasteiger partial charge is 0.207 e. The van der Waals surface area contributed by atoms with E-state index in [9.17, 15) is 16.8 Å². The predicted octanol–water partition coefficient (Wildman–Crippen LogP) is 1.36. The SMILES string of the molecule is CC1CCN(S(=O)(=O)c2ccc(S(=O)(=O)N(C)C)cc2)CC1. The molecule has 0 atom stereocenters. The average molecular weight is 346 g/mol. The Hall–Kier alpha value is -0.960. The van der Waals surface area contributed by atoms with Crippen LogP contribution in [0.3, 0.4) is 0 Å². The number of rotatable bonds is 4. The van der Waals surface area contributed by atoms with E-state index in [1.54, 1.807) is 0 Å². The summed E-state index contributed by atoms with van der Waals surface area (Å²) in [5, 5.41) is 0. The zero-order valence-corrected chi connectivity index (χ0v) is 14.7. The maximum Gasteiger partial charge on any atom is 0.243 e. The summed E-state index contributed by atoms with van der Waals surface area (Å²) >= 11 is 0. The summed E-state index contributed by atoms with van der Waals surface area (Å²) in [6, 6.07) is 5.41. The Morgan fingerprint density at radius 1 is 0.955 bits per heavy atom. The minimum absolute atomic E-state index is 0.0868. The third kappa shape index (κ3) is 3.34. The van der Waals surface area contributed by atoms with E-state index in [0.717, 1.165) is 17.1 Å². The van der Waals surface area contributed by atoms with Crippen LogP contribution in [-0.2, 0) is 20.0 Å². The van der Waals surface area contributed by atoms with Gasteiger partial charge in [0.15, 0.2) is 0 Å². The van der Waals surface area contributed by atoms with Gasteiger partial charge in [-0.1, -0.05) is 6.92 Å². The Balaban J connectivity index is 2.27. The molecule has 22 heavy (non-hydrogen) atoms. The van der Waals surface area contributed by atoms with Crippen LogP contribution in [0.15, 0.2) is 34.1 Å². The first-order valence-corrected chi connectivity index (χ1v) is 10.1. The topological polar surface area (TPSA) is 74.8 Å². The molecule has 1 aromatic rings. The number of nitrogens with zero attached hydrogens (tertiary/aromatic N) is 2. The van der Waals surface area contributed by atoms with Crippen LogP contribution in [0, 0.1) is 5.92 Å². The van der Waals surface area contributed by atoms with Gasteiger partial charge in [-0.15, -0.1) is 0 Å². The average Bonchev–Trinajstić information content (AvgIpc) is 2.47. The van der Waals surface area contributed by atoms with Gasteiger partial charge in [0.05, 0.1) is 9.79 Å². The summed E-state index contributed by atoms with van der Waals surface area (Å²) in [5.74, 6) is 0.541. The third-order valence-electron chi connectivity index (χ3n) is 3.98. The number of piperidine rings is 1. The monoisotopic (exact) mass is 346 g/mol. The van der Waals surface area contributed by atoms with Crippen molar-refractivity contribution in [3.8, 4) is 0 Å². The van der Waals surface area contributed by atoms with E-state index < -0.39 is 20.0 Å². The molecule has 0 radical (unpaired) electrons. The predicted molar refractivity (Wildman–Crippen MR) is 84.5 cm³/mol. The molecule has 0 spiro atoms. The number of benzene rings is 1. The van der Waals surface area contributed by atoms with E-state index in [2.05, 4.69) is 6.92 Å². The molecule has 1 heterocycles. The van der Waals surface area contributed by atoms with Crippen LogP contribution in [0.1, 0.15) is 19.8 Å². The van der Waals surface area contributed by atoms with Gasteiger partial charge in [-0.2, -0.15) is 4.31 Å². The van der Waals surface area contributed by atoms with Gasteiger partial charge in [0.2, 0.25) is 20.0 Å².